The number of aryl methyl sites for hydroxylation is 1. The van der Waals surface area contributed by atoms with Gasteiger partial charge in [0.05, 0.1) is 0 Å². The molecule has 1 unspecified atom stereocenters. The number of aromatic carboxylic acids is 1. The van der Waals surface area contributed by atoms with Gasteiger partial charge in [-0.25, -0.2) is 4.79 Å². The molecule has 1 aromatic heterocycles. The Kier molecular flexibility index (Phi) is 4.37. The zero-order valence-corrected chi connectivity index (χ0v) is 11.9. The summed E-state index contributed by atoms with van der Waals surface area (Å²) in [4.78, 5) is 22.7. The van der Waals surface area contributed by atoms with Crippen LogP contribution in [0.1, 0.15) is 40.9 Å². The smallest absolute Gasteiger partial charge is 0.353 e. The molecule has 1 aromatic carbocycles. The number of hydrogen-bond acceptors (Lipinski definition) is 3. The predicted octanol–water partition coefficient (Wildman–Crippen LogP) is 2.55. The number of H-pyrrole nitrogens is 1. The van der Waals surface area contributed by atoms with Gasteiger partial charge in [0.15, 0.2) is 5.82 Å². The van der Waals surface area contributed by atoms with Gasteiger partial charge in [-0.2, -0.15) is 5.10 Å². The molecule has 21 heavy (non-hydrogen) atoms. The molecular weight excluding hydrogens is 270 g/mol. The molecule has 0 bridgehead atoms. The van der Waals surface area contributed by atoms with Gasteiger partial charge >= 0.3 is 5.97 Å². The van der Waals surface area contributed by atoms with Gasteiger partial charge in [-0.1, -0.05) is 31.2 Å². The molecule has 0 aliphatic heterocycles. The molecule has 6 nitrogen and oxygen atoms in total. The first-order valence-corrected chi connectivity index (χ1v) is 6.61. The van der Waals surface area contributed by atoms with Crippen LogP contribution in [0.3, 0.4) is 0 Å². The Labute approximate surface area is 122 Å². The maximum Gasteiger partial charge on any atom is 0.353 e. The van der Waals surface area contributed by atoms with Crippen LogP contribution in [0.5, 0.6) is 0 Å². The van der Waals surface area contributed by atoms with Crippen molar-refractivity contribution in [2.24, 2.45) is 0 Å². The van der Waals surface area contributed by atoms with Crippen molar-refractivity contribution < 1.29 is 14.7 Å². The highest BCUT2D eigenvalue weighted by Crippen LogP contribution is 2.22. The van der Waals surface area contributed by atoms with E-state index >= 15 is 0 Å². The number of carboxylic acids is 1. The fourth-order valence-electron chi connectivity index (χ4n) is 2.22. The lowest BCUT2D eigenvalue weighted by Crippen LogP contribution is -2.15. The second kappa shape index (κ2) is 6.21. The molecule has 0 fully saturated rings. The van der Waals surface area contributed by atoms with Gasteiger partial charge in [0, 0.05) is 12.5 Å². The number of anilines is 1. The molecule has 2 aromatic rings. The lowest BCUT2D eigenvalue weighted by atomic mass is 9.93. The molecule has 110 valence electrons. The first-order chi connectivity index (χ1) is 9.97. The highest BCUT2D eigenvalue weighted by molar-refractivity contribution is 5.92. The third-order valence-corrected chi connectivity index (χ3v) is 3.29. The largest absolute Gasteiger partial charge is 0.477 e. The number of carbonyl (C=O) groups is 2. The molecule has 1 heterocycles. The van der Waals surface area contributed by atoms with Crippen LogP contribution in [0, 0.1) is 6.92 Å². The van der Waals surface area contributed by atoms with Gasteiger partial charge in [-0.15, -0.1) is 0 Å². The SMILES string of the molecule is Cc1ccccc1C(C)CC(=O)Nc1cc(C(=O)O)[nH]n1. The predicted molar refractivity (Wildman–Crippen MR) is 78.4 cm³/mol. The zero-order chi connectivity index (χ0) is 15.4. The van der Waals surface area contributed by atoms with Crippen molar-refractivity contribution in [3.05, 3.63) is 47.2 Å². The molecule has 0 saturated carbocycles. The van der Waals surface area contributed by atoms with E-state index in [0.29, 0.717) is 6.42 Å². The molecule has 0 spiro atoms. The second-order valence-electron chi connectivity index (χ2n) is 4.98. The topological polar surface area (TPSA) is 95.1 Å². The Morgan fingerprint density at radius 3 is 2.71 bits per heavy atom. The minimum absolute atomic E-state index is 0.0581. The average Bonchev–Trinajstić information content (AvgIpc) is 2.87. The van der Waals surface area contributed by atoms with Crippen LogP contribution < -0.4 is 5.32 Å². The van der Waals surface area contributed by atoms with E-state index in [1.807, 2.05) is 38.1 Å². The molecule has 0 radical (unpaired) electrons. The number of benzene rings is 1. The average molecular weight is 287 g/mol. The zero-order valence-electron chi connectivity index (χ0n) is 11.9. The fraction of sp³-hybridized carbons (Fsp3) is 0.267. The van der Waals surface area contributed by atoms with Crippen LogP contribution in [0.4, 0.5) is 5.82 Å². The summed E-state index contributed by atoms with van der Waals surface area (Å²) < 4.78 is 0. The van der Waals surface area contributed by atoms with E-state index in [9.17, 15) is 9.59 Å². The van der Waals surface area contributed by atoms with Gasteiger partial charge in [0.25, 0.3) is 0 Å². The molecule has 3 N–H and O–H groups in total. The van der Waals surface area contributed by atoms with Crippen molar-refractivity contribution in [2.45, 2.75) is 26.2 Å². The summed E-state index contributed by atoms with van der Waals surface area (Å²) in [6, 6.07) is 9.21. The van der Waals surface area contributed by atoms with Crippen LogP contribution in [-0.4, -0.2) is 27.2 Å². The first kappa shape index (κ1) is 14.8. The fourth-order valence-corrected chi connectivity index (χ4v) is 2.22. The number of nitrogens with zero attached hydrogens (tertiary/aromatic N) is 1. The van der Waals surface area contributed by atoms with Gasteiger partial charge < -0.3 is 10.4 Å². The second-order valence-corrected chi connectivity index (χ2v) is 4.98. The van der Waals surface area contributed by atoms with Crippen LogP contribution >= 0.6 is 0 Å². The number of amides is 1. The molecule has 0 saturated heterocycles. The molecule has 0 aliphatic rings. The number of carbonyl (C=O) groups excluding carboxylic acids is 1. The molecule has 0 aliphatic carbocycles. The van der Waals surface area contributed by atoms with E-state index in [0.717, 1.165) is 11.1 Å². The van der Waals surface area contributed by atoms with E-state index in [2.05, 4.69) is 15.5 Å². The molecule has 1 atom stereocenters. The minimum atomic E-state index is -1.11. The lowest BCUT2D eigenvalue weighted by molar-refractivity contribution is -0.116. The van der Waals surface area contributed by atoms with Gasteiger partial charge in [-0.3, -0.25) is 9.89 Å². The summed E-state index contributed by atoms with van der Waals surface area (Å²) >= 11 is 0. The standard InChI is InChI=1S/C15H17N3O3/c1-9-5-3-4-6-11(9)10(2)7-14(19)16-13-8-12(15(20)21)17-18-13/h3-6,8,10H,7H2,1-2H3,(H,20,21)(H2,16,17,18,19). The van der Waals surface area contributed by atoms with Crippen molar-refractivity contribution in [1.82, 2.24) is 10.2 Å². The summed E-state index contributed by atoms with van der Waals surface area (Å²) in [6.07, 6.45) is 0.306. The Balaban J connectivity index is 1.98. The Morgan fingerprint density at radius 2 is 2.10 bits per heavy atom. The summed E-state index contributed by atoms with van der Waals surface area (Å²) in [5.74, 6) is -1.02. The number of aromatic nitrogens is 2. The number of carboxylic acid groups (broad SMARTS) is 1. The number of hydrogen-bond donors (Lipinski definition) is 3. The van der Waals surface area contributed by atoms with Crippen molar-refractivity contribution in [2.75, 3.05) is 5.32 Å². The highest BCUT2D eigenvalue weighted by Gasteiger charge is 2.15. The van der Waals surface area contributed by atoms with Crippen molar-refractivity contribution in [3.63, 3.8) is 0 Å². The summed E-state index contributed by atoms with van der Waals surface area (Å²) in [6.45, 7) is 3.99. The molecule has 2 rings (SSSR count). The van der Waals surface area contributed by atoms with Crippen molar-refractivity contribution >= 4 is 17.7 Å². The summed E-state index contributed by atoms with van der Waals surface area (Å²) in [7, 11) is 0. The van der Waals surface area contributed by atoms with Crippen LogP contribution in [-0.2, 0) is 4.79 Å². The normalized spacial score (nSPS) is 11.9. The first-order valence-electron chi connectivity index (χ1n) is 6.61. The van der Waals surface area contributed by atoms with Crippen LogP contribution in [0.2, 0.25) is 0 Å². The summed E-state index contributed by atoms with van der Waals surface area (Å²) in [5, 5.41) is 17.4. The summed E-state index contributed by atoms with van der Waals surface area (Å²) in [5.41, 5.74) is 2.21. The van der Waals surface area contributed by atoms with E-state index in [1.165, 1.54) is 6.07 Å². The van der Waals surface area contributed by atoms with Gasteiger partial charge in [-0.05, 0) is 24.0 Å². The van der Waals surface area contributed by atoms with E-state index in [-0.39, 0.29) is 23.3 Å². The van der Waals surface area contributed by atoms with Crippen LogP contribution in [0.15, 0.2) is 30.3 Å². The third kappa shape index (κ3) is 3.68. The number of nitrogens with one attached hydrogen (secondary N) is 2. The number of aromatic amines is 1. The maximum atomic E-state index is 12.0. The van der Waals surface area contributed by atoms with Crippen LogP contribution in [0.25, 0.3) is 0 Å². The lowest BCUT2D eigenvalue weighted by Gasteiger charge is -2.13. The van der Waals surface area contributed by atoms with Crippen molar-refractivity contribution in [3.8, 4) is 0 Å². The maximum absolute atomic E-state index is 12.0. The Morgan fingerprint density at radius 1 is 1.38 bits per heavy atom. The molecule has 6 heteroatoms. The van der Waals surface area contributed by atoms with Gasteiger partial charge in [0.2, 0.25) is 5.91 Å². The van der Waals surface area contributed by atoms with Gasteiger partial charge in [0.1, 0.15) is 5.69 Å². The highest BCUT2D eigenvalue weighted by atomic mass is 16.4. The van der Waals surface area contributed by atoms with E-state index in [1.54, 1.807) is 0 Å². The van der Waals surface area contributed by atoms with E-state index in [4.69, 9.17) is 5.11 Å². The molecule has 1 amide bonds. The van der Waals surface area contributed by atoms with Crippen molar-refractivity contribution in [1.29, 1.82) is 0 Å². The quantitative estimate of drug-likeness (QED) is 0.787. The Bertz CT molecular complexity index is 664. The van der Waals surface area contributed by atoms with E-state index < -0.39 is 5.97 Å². The molecular formula is C15H17N3O3. The third-order valence-electron chi connectivity index (χ3n) is 3.29. The number of rotatable bonds is 5. The monoisotopic (exact) mass is 287 g/mol. The Hall–Kier alpha value is -2.63. The minimum Gasteiger partial charge on any atom is -0.477 e.